The highest BCUT2D eigenvalue weighted by atomic mass is 16.4. The number of hydrogen-bond donors (Lipinski definition) is 1. The molecule has 22 heavy (non-hydrogen) atoms. The molecule has 1 atom stereocenters. The first-order valence-electron chi connectivity index (χ1n) is 7.73. The van der Waals surface area contributed by atoms with Crippen molar-refractivity contribution >= 4 is 5.91 Å². The molecule has 3 rings (SSSR count). The fraction of sp³-hybridized carbons (Fsp3) is 0.444. The van der Waals surface area contributed by atoms with E-state index < -0.39 is 0 Å². The number of hydrogen-bond acceptors (Lipinski definition) is 3. The Balaban J connectivity index is 1.79. The molecule has 1 amide bonds. The molecular weight excluding hydrogens is 276 g/mol. The van der Waals surface area contributed by atoms with Gasteiger partial charge in [0.15, 0.2) is 0 Å². The van der Waals surface area contributed by atoms with Crippen LogP contribution in [0.15, 0.2) is 28.8 Å². The van der Waals surface area contributed by atoms with Crippen LogP contribution in [0.4, 0.5) is 0 Å². The van der Waals surface area contributed by atoms with Gasteiger partial charge in [-0.15, -0.1) is 0 Å². The number of nitrogens with one attached hydrogen (secondary N) is 1. The molecule has 116 valence electrons. The van der Waals surface area contributed by atoms with Crippen molar-refractivity contribution in [2.75, 3.05) is 0 Å². The molecule has 1 aromatic carbocycles. The highest BCUT2D eigenvalue weighted by Gasteiger charge is 2.51. The lowest BCUT2D eigenvalue weighted by Gasteiger charge is -2.19. The molecule has 0 bridgehead atoms. The van der Waals surface area contributed by atoms with Crippen LogP contribution in [0.25, 0.3) is 0 Å². The SMILES string of the molecule is Cc1cc(C)cc(C2(C(=O)NC(C)c3ncc(C)o3)CC2)c1. The van der Waals surface area contributed by atoms with E-state index in [9.17, 15) is 4.79 Å². The lowest BCUT2D eigenvalue weighted by molar-refractivity contribution is -0.124. The van der Waals surface area contributed by atoms with E-state index in [0.717, 1.165) is 24.2 Å². The minimum Gasteiger partial charge on any atom is -0.444 e. The van der Waals surface area contributed by atoms with Gasteiger partial charge in [-0.25, -0.2) is 4.98 Å². The predicted octanol–water partition coefficient (Wildman–Crippen LogP) is 3.51. The summed E-state index contributed by atoms with van der Waals surface area (Å²) >= 11 is 0. The molecule has 1 saturated carbocycles. The number of carbonyl (C=O) groups excluding carboxylic acids is 1. The largest absolute Gasteiger partial charge is 0.444 e. The third kappa shape index (κ3) is 2.65. The van der Waals surface area contributed by atoms with Crippen LogP contribution in [-0.2, 0) is 10.2 Å². The average molecular weight is 298 g/mol. The molecule has 1 N–H and O–H groups in total. The van der Waals surface area contributed by atoms with Crippen LogP contribution in [0.2, 0.25) is 0 Å². The number of amides is 1. The minimum absolute atomic E-state index is 0.0702. The van der Waals surface area contributed by atoms with Crippen LogP contribution >= 0.6 is 0 Å². The van der Waals surface area contributed by atoms with Gasteiger partial charge in [0.1, 0.15) is 11.8 Å². The van der Waals surface area contributed by atoms with Crippen molar-refractivity contribution in [2.24, 2.45) is 0 Å². The number of carbonyl (C=O) groups is 1. The summed E-state index contributed by atoms with van der Waals surface area (Å²) in [4.78, 5) is 17.0. The summed E-state index contributed by atoms with van der Waals surface area (Å²) < 4.78 is 5.50. The van der Waals surface area contributed by atoms with E-state index in [1.807, 2.05) is 13.8 Å². The smallest absolute Gasteiger partial charge is 0.231 e. The van der Waals surface area contributed by atoms with Crippen molar-refractivity contribution in [2.45, 2.75) is 52.0 Å². The topological polar surface area (TPSA) is 55.1 Å². The van der Waals surface area contributed by atoms with Crippen LogP contribution in [-0.4, -0.2) is 10.9 Å². The zero-order valence-corrected chi connectivity index (χ0v) is 13.6. The van der Waals surface area contributed by atoms with E-state index in [4.69, 9.17) is 4.42 Å². The first-order valence-corrected chi connectivity index (χ1v) is 7.73. The Morgan fingerprint density at radius 2 is 1.86 bits per heavy atom. The van der Waals surface area contributed by atoms with Crippen LogP contribution in [0, 0.1) is 20.8 Å². The summed E-state index contributed by atoms with van der Waals surface area (Å²) in [5.74, 6) is 1.38. The number of oxazole rings is 1. The molecule has 4 nitrogen and oxygen atoms in total. The van der Waals surface area contributed by atoms with Gasteiger partial charge in [-0.2, -0.15) is 0 Å². The maximum Gasteiger partial charge on any atom is 0.231 e. The molecular formula is C18H22N2O2. The van der Waals surface area contributed by atoms with E-state index in [-0.39, 0.29) is 17.4 Å². The first-order chi connectivity index (χ1) is 10.4. The monoisotopic (exact) mass is 298 g/mol. The predicted molar refractivity (Wildman–Crippen MR) is 84.6 cm³/mol. The molecule has 1 fully saturated rings. The number of benzene rings is 1. The van der Waals surface area contributed by atoms with Gasteiger partial charge in [0.2, 0.25) is 11.8 Å². The quantitative estimate of drug-likeness (QED) is 0.939. The van der Waals surface area contributed by atoms with E-state index in [0.29, 0.717) is 5.89 Å². The zero-order valence-electron chi connectivity index (χ0n) is 13.6. The van der Waals surface area contributed by atoms with Gasteiger partial charge >= 0.3 is 0 Å². The lowest BCUT2D eigenvalue weighted by atomic mass is 9.91. The van der Waals surface area contributed by atoms with Crippen LogP contribution in [0.5, 0.6) is 0 Å². The standard InChI is InChI=1S/C18H22N2O2/c1-11-7-12(2)9-15(8-11)18(5-6-18)17(21)20-14(4)16-19-10-13(3)22-16/h7-10,14H,5-6H2,1-4H3,(H,20,21). The summed E-state index contributed by atoms with van der Waals surface area (Å²) in [6, 6.07) is 6.17. The molecule has 1 unspecified atom stereocenters. The Morgan fingerprint density at radius 3 is 2.36 bits per heavy atom. The van der Waals surface area contributed by atoms with Gasteiger partial charge in [0, 0.05) is 0 Å². The summed E-state index contributed by atoms with van der Waals surface area (Å²) in [6.07, 6.45) is 3.48. The number of aromatic nitrogens is 1. The van der Waals surface area contributed by atoms with E-state index >= 15 is 0 Å². The zero-order chi connectivity index (χ0) is 15.9. The lowest BCUT2D eigenvalue weighted by Crippen LogP contribution is -2.36. The van der Waals surface area contributed by atoms with Crippen molar-refractivity contribution < 1.29 is 9.21 Å². The molecule has 0 spiro atoms. The Bertz CT molecular complexity index is 693. The third-order valence-electron chi connectivity index (χ3n) is 4.32. The Labute approximate surface area is 130 Å². The summed E-state index contributed by atoms with van der Waals surface area (Å²) in [5, 5.41) is 3.05. The van der Waals surface area contributed by atoms with Gasteiger partial charge in [0.25, 0.3) is 0 Å². The number of rotatable bonds is 4. The minimum atomic E-state index is -0.368. The van der Waals surface area contributed by atoms with Crippen molar-refractivity contribution in [3.05, 3.63) is 52.7 Å². The van der Waals surface area contributed by atoms with Gasteiger partial charge < -0.3 is 9.73 Å². The van der Waals surface area contributed by atoms with Crippen molar-refractivity contribution in [1.82, 2.24) is 10.3 Å². The third-order valence-corrected chi connectivity index (χ3v) is 4.32. The molecule has 1 heterocycles. The summed E-state index contributed by atoms with van der Waals surface area (Å²) in [7, 11) is 0. The number of aryl methyl sites for hydroxylation is 3. The van der Waals surface area contributed by atoms with E-state index in [1.54, 1.807) is 6.20 Å². The van der Waals surface area contributed by atoms with Gasteiger partial charge in [0.05, 0.1) is 11.6 Å². The maximum atomic E-state index is 12.8. The maximum absolute atomic E-state index is 12.8. The van der Waals surface area contributed by atoms with Crippen LogP contribution in [0.3, 0.4) is 0 Å². The van der Waals surface area contributed by atoms with E-state index in [1.165, 1.54) is 11.1 Å². The van der Waals surface area contributed by atoms with Gasteiger partial charge in [-0.1, -0.05) is 29.3 Å². The fourth-order valence-electron chi connectivity index (χ4n) is 2.99. The van der Waals surface area contributed by atoms with Gasteiger partial charge in [-0.05, 0) is 46.1 Å². The van der Waals surface area contributed by atoms with Crippen LogP contribution in [0.1, 0.15) is 54.1 Å². The highest BCUT2D eigenvalue weighted by Crippen LogP contribution is 2.49. The normalized spacial score (nSPS) is 17.1. The fourth-order valence-corrected chi connectivity index (χ4v) is 2.99. The summed E-state index contributed by atoms with van der Waals surface area (Å²) in [5.41, 5.74) is 3.15. The first kappa shape index (κ1) is 14.8. The molecule has 2 aromatic rings. The second-order valence-corrected chi connectivity index (χ2v) is 6.46. The highest BCUT2D eigenvalue weighted by molar-refractivity contribution is 5.91. The Morgan fingerprint density at radius 1 is 1.23 bits per heavy atom. The molecule has 1 aliphatic rings. The molecule has 1 aliphatic carbocycles. The van der Waals surface area contributed by atoms with Crippen LogP contribution < -0.4 is 5.32 Å². The molecule has 0 radical (unpaired) electrons. The summed E-state index contributed by atoms with van der Waals surface area (Å²) in [6.45, 7) is 7.90. The average Bonchev–Trinajstić information content (AvgIpc) is 3.14. The molecule has 4 heteroatoms. The van der Waals surface area contributed by atoms with E-state index in [2.05, 4.69) is 42.3 Å². The number of nitrogens with zero attached hydrogens (tertiary/aromatic N) is 1. The van der Waals surface area contributed by atoms with Crippen molar-refractivity contribution in [1.29, 1.82) is 0 Å². The Kier molecular flexibility index (Phi) is 3.55. The Hall–Kier alpha value is -2.10. The van der Waals surface area contributed by atoms with Crippen molar-refractivity contribution in [3.63, 3.8) is 0 Å². The molecule has 1 aromatic heterocycles. The second kappa shape index (κ2) is 5.27. The molecule has 0 aliphatic heterocycles. The second-order valence-electron chi connectivity index (χ2n) is 6.46. The van der Waals surface area contributed by atoms with Crippen molar-refractivity contribution in [3.8, 4) is 0 Å². The molecule has 0 saturated heterocycles. The van der Waals surface area contributed by atoms with Gasteiger partial charge in [-0.3, -0.25) is 4.79 Å².